The number of fused-ring (bicyclic) bond motifs is 6. The summed E-state index contributed by atoms with van der Waals surface area (Å²) in [6.45, 7) is -2.40. The van der Waals surface area contributed by atoms with Gasteiger partial charge in [0.25, 0.3) is 20.3 Å². The molecule has 6 rings (SSSR count). The molecule has 0 bridgehead atoms. The van der Waals surface area contributed by atoms with Gasteiger partial charge < -0.3 is 70.6 Å². The molecular formula is C43H48N6O28Y2. The third-order valence-corrected chi connectivity index (χ3v) is 9.60. The standard InChI is InChI=1S/C21H21NO7.C20H19NO7.2CH3NO4.2HNO3.2Y/c23-19(24)10-9-13(11-29-21(26)27)22-20(25)28-12-18-16-7-3-1-5-14(16)15-6-2-4-8-17(15)18;22-18(23)9-12(10-28-20(25)26)21-19(24)27-11-17-15-7-3-1-5-13(15)14-6-2-4-8-16(14)17;2*3-1-6-2(4)5;2*2-1(3)4;;/h1-8,13,18H,9-12H2,(H,22,25)(H,23,24)(H,26,27);1-8,12,17H,9-11H2,(H,21,24)(H,22,23)(H,25,26);2*3H,1H2;2*(H,2,3,4);;. The molecule has 2 unspecified atom stereocenters. The monoisotopic (exact) mass is 1270 g/mol. The Morgan fingerprint density at radius 2 is 0.785 bits per heavy atom. The fourth-order valence-electron chi connectivity index (χ4n) is 6.91. The molecule has 0 saturated heterocycles. The fraction of sp³-hybridized carbons (Fsp3) is 0.302. The number of aliphatic hydroxyl groups is 2. The fourth-order valence-corrected chi connectivity index (χ4v) is 6.91. The molecule has 0 spiro atoms. The molecule has 0 heterocycles. The van der Waals surface area contributed by atoms with E-state index in [1.807, 2.05) is 97.1 Å². The van der Waals surface area contributed by atoms with Crippen molar-refractivity contribution < 1.29 is 184 Å². The number of nitrogens with zero attached hydrogens (tertiary/aromatic N) is 4. The van der Waals surface area contributed by atoms with Crippen molar-refractivity contribution in [1.29, 1.82) is 0 Å². The number of hydrogen-bond acceptors (Lipinski definition) is 22. The summed E-state index contributed by atoms with van der Waals surface area (Å²) in [6.07, 6.45) is -5.34. The Labute approximate surface area is 493 Å². The molecule has 4 aromatic carbocycles. The largest absolute Gasteiger partial charge is 0.505 e. The van der Waals surface area contributed by atoms with Crippen molar-refractivity contribution in [3.05, 3.63) is 160 Å². The number of carboxylic acids is 2. The Balaban J connectivity index is 0. The van der Waals surface area contributed by atoms with Gasteiger partial charge >= 0.3 is 36.4 Å². The number of nitrogens with one attached hydrogen (secondary N) is 2. The van der Waals surface area contributed by atoms with E-state index in [1.165, 1.54) is 0 Å². The molecule has 2 aliphatic carbocycles. The number of aliphatic hydroxyl groups excluding tert-OH is 2. The van der Waals surface area contributed by atoms with Crippen LogP contribution in [0.1, 0.15) is 53.4 Å². The molecule has 2 atom stereocenters. The Morgan fingerprint density at radius 3 is 1.04 bits per heavy atom. The number of aliphatic carboxylic acids is 2. The summed E-state index contributed by atoms with van der Waals surface area (Å²) in [5.74, 6) is -2.50. The zero-order chi connectivity index (χ0) is 58.0. The predicted molar refractivity (Wildman–Crippen MR) is 249 cm³/mol. The van der Waals surface area contributed by atoms with Gasteiger partial charge in [-0.25, -0.2) is 19.2 Å². The molecule has 34 nitrogen and oxygen atoms in total. The molecule has 0 aliphatic heterocycles. The second-order valence-electron chi connectivity index (χ2n) is 14.5. The van der Waals surface area contributed by atoms with E-state index in [9.17, 15) is 28.8 Å². The summed E-state index contributed by atoms with van der Waals surface area (Å²) in [5, 5.41) is 98.0. The first kappa shape index (κ1) is 72.9. The number of benzene rings is 4. The van der Waals surface area contributed by atoms with E-state index in [-0.39, 0.29) is 110 Å². The normalized spacial score (nSPS) is 11.2. The van der Waals surface area contributed by atoms with Gasteiger partial charge in [0.1, 0.15) is 26.4 Å². The van der Waals surface area contributed by atoms with Gasteiger partial charge in [0.15, 0.2) is 13.6 Å². The maximum atomic E-state index is 12.2. The van der Waals surface area contributed by atoms with Crippen LogP contribution < -0.4 is 10.6 Å². The van der Waals surface area contributed by atoms with Crippen molar-refractivity contribution in [3.8, 4) is 22.3 Å². The number of rotatable bonds is 19. The van der Waals surface area contributed by atoms with Crippen molar-refractivity contribution in [1.82, 2.24) is 10.6 Å². The molecule has 0 aromatic heterocycles. The summed E-state index contributed by atoms with van der Waals surface area (Å²) < 4.78 is 19.5. The van der Waals surface area contributed by atoms with Gasteiger partial charge in [-0.15, -0.1) is 40.5 Å². The molecule has 0 fully saturated rings. The second-order valence-corrected chi connectivity index (χ2v) is 14.5. The molecule has 2 aliphatic rings. The SMILES string of the molecule is O=C(O)CC(COC(=O)O)NC(=O)OCC1c2ccccc2-c2ccccc21.O=C(O)CCC(COC(=O)O)NC(=O)OCC1c2ccccc2-c2ccccc21.O=[N+]([O-])O.O=[N+]([O-])O.O=[N+]([O-])OCO.O=[N+]([O-])OCO.[Y].[Y]. The minimum absolute atomic E-state index is 0. The third-order valence-electron chi connectivity index (χ3n) is 9.60. The molecule has 10 N–H and O–H groups in total. The molecule has 424 valence electrons. The zero-order valence-corrected chi connectivity index (χ0v) is 46.3. The molecule has 2 amide bonds. The number of ether oxygens (including phenoxy) is 4. The van der Waals surface area contributed by atoms with Gasteiger partial charge in [0.05, 0.1) is 18.5 Å². The molecule has 79 heavy (non-hydrogen) atoms. The topological polar surface area (TPSA) is 516 Å². The first-order chi connectivity index (χ1) is 36.4. The summed E-state index contributed by atoms with van der Waals surface area (Å²) in [5.41, 5.74) is 8.62. The van der Waals surface area contributed by atoms with Gasteiger partial charge in [-0.05, 0) is 50.9 Å². The van der Waals surface area contributed by atoms with Crippen LogP contribution in [0.2, 0.25) is 0 Å². The molecular weight excluding hydrogens is 1230 g/mol. The zero-order valence-electron chi connectivity index (χ0n) is 40.6. The third kappa shape index (κ3) is 30.4. The van der Waals surface area contributed by atoms with Crippen LogP contribution in [-0.4, -0.2) is 150 Å². The number of alkyl carbamates (subject to hydrolysis) is 2. The summed E-state index contributed by atoms with van der Waals surface area (Å²) in [7, 11) is 0. The van der Waals surface area contributed by atoms with Crippen molar-refractivity contribution >= 4 is 36.4 Å². The van der Waals surface area contributed by atoms with E-state index in [1.54, 1.807) is 0 Å². The average molecular weight is 1270 g/mol. The maximum absolute atomic E-state index is 12.2. The van der Waals surface area contributed by atoms with Crippen LogP contribution in [0, 0.1) is 40.5 Å². The quantitative estimate of drug-likeness (QED) is 0.0208. The van der Waals surface area contributed by atoms with E-state index in [2.05, 4.69) is 29.8 Å². The average Bonchev–Trinajstić information content (AvgIpc) is 3.84. The number of carboxylic acid groups (broad SMARTS) is 4. The van der Waals surface area contributed by atoms with Crippen molar-refractivity contribution in [2.24, 2.45) is 0 Å². The van der Waals surface area contributed by atoms with E-state index in [0.717, 1.165) is 44.5 Å². The van der Waals surface area contributed by atoms with Crippen LogP contribution in [-0.2, 0) is 104 Å². The van der Waals surface area contributed by atoms with Gasteiger partial charge in [0, 0.05) is 83.7 Å². The summed E-state index contributed by atoms with van der Waals surface area (Å²) in [4.78, 5) is 108. The minimum atomic E-state index is -1.55. The van der Waals surface area contributed by atoms with E-state index < -0.39 is 95.5 Å². The van der Waals surface area contributed by atoms with Gasteiger partial charge in [0.2, 0.25) is 0 Å². The molecule has 2 radical (unpaired) electrons. The minimum Gasteiger partial charge on any atom is -0.481 e. The molecule has 4 aromatic rings. The van der Waals surface area contributed by atoms with Gasteiger partial charge in [-0.2, -0.15) is 0 Å². The first-order valence-corrected chi connectivity index (χ1v) is 21.2. The Hall–Kier alpha value is -8.17. The van der Waals surface area contributed by atoms with Crippen molar-refractivity contribution in [2.75, 3.05) is 40.0 Å². The Kier molecular flexibility index (Phi) is 37.0. The van der Waals surface area contributed by atoms with Gasteiger partial charge in [-0.1, -0.05) is 97.1 Å². The van der Waals surface area contributed by atoms with Crippen molar-refractivity contribution in [3.63, 3.8) is 0 Å². The smallest absolute Gasteiger partial charge is 0.481 e. The number of amides is 2. The van der Waals surface area contributed by atoms with Crippen molar-refractivity contribution in [2.45, 2.75) is 43.2 Å². The molecule has 0 saturated carbocycles. The van der Waals surface area contributed by atoms with Crippen LogP contribution in [0.4, 0.5) is 19.2 Å². The Morgan fingerprint density at radius 1 is 0.494 bits per heavy atom. The van der Waals surface area contributed by atoms with Crippen LogP contribution in [0.25, 0.3) is 22.3 Å². The second kappa shape index (κ2) is 40.1. The molecule has 36 heteroatoms. The van der Waals surface area contributed by atoms with Gasteiger partial charge in [-0.3, -0.25) is 19.3 Å². The first-order valence-electron chi connectivity index (χ1n) is 21.2. The summed E-state index contributed by atoms with van der Waals surface area (Å²) in [6, 6.07) is 29.7. The predicted octanol–water partition coefficient (Wildman–Crippen LogP) is 4.10. The van der Waals surface area contributed by atoms with Crippen LogP contribution in [0.15, 0.2) is 97.1 Å². The Bertz CT molecular complexity index is 2490. The van der Waals surface area contributed by atoms with Crippen LogP contribution in [0.5, 0.6) is 0 Å². The number of carbonyl (C=O) groups is 6. The number of hydrogen-bond donors (Lipinski definition) is 10. The number of carbonyl (C=O) groups excluding carboxylic acids is 2. The summed E-state index contributed by atoms with van der Waals surface area (Å²) >= 11 is 0. The van der Waals surface area contributed by atoms with E-state index in [0.29, 0.717) is 0 Å². The van der Waals surface area contributed by atoms with E-state index in [4.69, 9.17) is 91.0 Å². The van der Waals surface area contributed by atoms with Crippen LogP contribution in [0.3, 0.4) is 0 Å². The maximum Gasteiger partial charge on any atom is 0.505 e. The van der Waals surface area contributed by atoms with E-state index >= 15 is 0 Å². The van der Waals surface area contributed by atoms with Crippen LogP contribution >= 0.6 is 0 Å².